The predicted octanol–water partition coefficient (Wildman–Crippen LogP) is 0.180. The number of H-pyrrole nitrogens is 2. The molecule has 0 saturated heterocycles. The summed E-state index contributed by atoms with van der Waals surface area (Å²) in [6, 6.07) is 0. The lowest BCUT2D eigenvalue weighted by Gasteiger charge is -2.02. The molecule has 16 heavy (non-hydrogen) atoms. The molecule has 0 radical (unpaired) electrons. The molecule has 1 rings (SSSR count). The Morgan fingerprint density at radius 2 is 1.50 bits per heavy atom. The van der Waals surface area contributed by atoms with Crippen molar-refractivity contribution in [2.24, 2.45) is 0 Å². The molecule has 6 nitrogen and oxygen atoms in total. The van der Waals surface area contributed by atoms with E-state index >= 15 is 0 Å². The number of nitrogens with one attached hydrogen (secondary N) is 2. The van der Waals surface area contributed by atoms with Crippen LogP contribution in [-0.4, -0.2) is 19.9 Å². The minimum Gasteiger partial charge on any atom is -0.259 e. The van der Waals surface area contributed by atoms with Crippen LogP contribution >= 0.6 is 15.9 Å². The van der Waals surface area contributed by atoms with Crippen molar-refractivity contribution < 1.29 is 0 Å². The van der Waals surface area contributed by atoms with E-state index in [2.05, 4.69) is 15.9 Å². The van der Waals surface area contributed by atoms with Gasteiger partial charge in [0.05, 0.1) is 0 Å². The maximum Gasteiger partial charge on any atom is 0.333 e. The molecule has 2 N–H and O–H groups in total. The zero-order valence-corrected chi connectivity index (χ0v) is 10.4. The van der Waals surface area contributed by atoms with Gasteiger partial charge in [-0.25, -0.2) is 19.0 Å². The van der Waals surface area contributed by atoms with Crippen LogP contribution in [0.2, 0.25) is 0 Å². The largest absolute Gasteiger partial charge is 0.333 e. The van der Waals surface area contributed by atoms with Crippen LogP contribution in [0.5, 0.6) is 0 Å². The first kappa shape index (κ1) is 13.0. The number of hydrogen-bond acceptors (Lipinski definition) is 3. The summed E-state index contributed by atoms with van der Waals surface area (Å²) >= 11 is 3.33. The van der Waals surface area contributed by atoms with Crippen LogP contribution in [0.25, 0.3) is 0 Å². The third-order valence-corrected chi connectivity index (χ3v) is 2.76. The molecule has 1 heterocycles. The number of unbranched alkanes of at least 4 members (excludes halogenated alkanes) is 3. The lowest BCUT2D eigenvalue weighted by atomic mass is 10.2. The highest BCUT2D eigenvalue weighted by molar-refractivity contribution is 9.09. The average molecular weight is 292 g/mol. The van der Waals surface area contributed by atoms with E-state index in [-0.39, 0.29) is 0 Å². The standard InChI is InChI=1S/C9H14BrN3O3/c10-5-3-1-2-4-6-13-8(15)11-7(14)12-9(13)16/h1-6H2,(H2,11,12,14,15,16). The van der Waals surface area contributed by atoms with Gasteiger partial charge in [0.2, 0.25) is 0 Å². The predicted molar refractivity (Wildman–Crippen MR) is 64.2 cm³/mol. The summed E-state index contributed by atoms with van der Waals surface area (Å²) in [7, 11) is 0. The fourth-order valence-electron chi connectivity index (χ4n) is 1.37. The van der Waals surface area contributed by atoms with E-state index in [0.29, 0.717) is 6.54 Å². The van der Waals surface area contributed by atoms with E-state index in [1.54, 1.807) is 0 Å². The van der Waals surface area contributed by atoms with E-state index in [1.807, 2.05) is 9.97 Å². The van der Waals surface area contributed by atoms with Gasteiger partial charge >= 0.3 is 17.1 Å². The second-order valence-electron chi connectivity index (χ2n) is 3.44. The summed E-state index contributed by atoms with van der Waals surface area (Å²) in [5, 5.41) is 0.964. The molecule has 0 fully saturated rings. The Morgan fingerprint density at radius 3 is 2.06 bits per heavy atom. The second-order valence-corrected chi connectivity index (χ2v) is 4.24. The van der Waals surface area contributed by atoms with Crippen molar-refractivity contribution in [2.75, 3.05) is 5.33 Å². The molecule has 0 aliphatic heterocycles. The molecule has 0 bridgehead atoms. The van der Waals surface area contributed by atoms with Crippen LogP contribution in [-0.2, 0) is 6.54 Å². The Bertz CT molecular complexity index is 454. The van der Waals surface area contributed by atoms with E-state index < -0.39 is 17.1 Å². The van der Waals surface area contributed by atoms with Gasteiger partial charge in [-0.15, -0.1) is 0 Å². The van der Waals surface area contributed by atoms with Crippen LogP contribution < -0.4 is 17.1 Å². The molecule has 1 aromatic heterocycles. The number of aromatic nitrogens is 3. The van der Waals surface area contributed by atoms with Crippen LogP contribution in [0.1, 0.15) is 25.7 Å². The highest BCUT2D eigenvalue weighted by Crippen LogP contribution is 2.01. The fourth-order valence-corrected chi connectivity index (χ4v) is 1.77. The minimum absolute atomic E-state index is 0.341. The highest BCUT2D eigenvalue weighted by Gasteiger charge is 2.01. The Balaban J connectivity index is 2.58. The molecule has 90 valence electrons. The number of hydrogen-bond donors (Lipinski definition) is 2. The van der Waals surface area contributed by atoms with Crippen molar-refractivity contribution in [3.63, 3.8) is 0 Å². The van der Waals surface area contributed by atoms with Crippen molar-refractivity contribution >= 4 is 15.9 Å². The van der Waals surface area contributed by atoms with E-state index in [1.165, 1.54) is 0 Å². The number of alkyl halides is 1. The second kappa shape index (κ2) is 6.47. The van der Waals surface area contributed by atoms with Crippen molar-refractivity contribution in [1.82, 2.24) is 14.5 Å². The average Bonchev–Trinajstić information content (AvgIpc) is 2.20. The van der Waals surface area contributed by atoms with Crippen molar-refractivity contribution in [1.29, 1.82) is 0 Å². The van der Waals surface area contributed by atoms with Crippen molar-refractivity contribution in [2.45, 2.75) is 32.2 Å². The van der Waals surface area contributed by atoms with Gasteiger partial charge in [0.15, 0.2) is 0 Å². The fraction of sp³-hybridized carbons (Fsp3) is 0.667. The molecule has 0 amide bonds. The first-order valence-electron chi connectivity index (χ1n) is 5.14. The minimum atomic E-state index is -0.759. The molecule has 0 saturated carbocycles. The van der Waals surface area contributed by atoms with Gasteiger partial charge in [-0.05, 0) is 12.8 Å². The SMILES string of the molecule is O=c1[nH]c(=O)n(CCCCCCBr)c(=O)[nH]1. The molecule has 0 aromatic carbocycles. The summed E-state index contributed by atoms with van der Waals surface area (Å²) in [6.07, 6.45) is 3.84. The van der Waals surface area contributed by atoms with Crippen molar-refractivity contribution in [3.8, 4) is 0 Å². The smallest absolute Gasteiger partial charge is 0.259 e. The lowest BCUT2D eigenvalue weighted by Crippen LogP contribution is -2.43. The number of nitrogens with zero attached hydrogens (tertiary/aromatic N) is 1. The lowest BCUT2D eigenvalue weighted by molar-refractivity contribution is 0.535. The highest BCUT2D eigenvalue weighted by atomic mass is 79.9. The van der Waals surface area contributed by atoms with Gasteiger partial charge in [0.25, 0.3) is 0 Å². The van der Waals surface area contributed by atoms with Gasteiger partial charge in [-0.3, -0.25) is 9.97 Å². The van der Waals surface area contributed by atoms with Crippen LogP contribution in [0.15, 0.2) is 14.4 Å². The van der Waals surface area contributed by atoms with Gasteiger partial charge in [0, 0.05) is 11.9 Å². The molecule has 0 atom stereocenters. The normalized spacial score (nSPS) is 10.6. The first-order valence-corrected chi connectivity index (χ1v) is 6.26. The van der Waals surface area contributed by atoms with Crippen molar-refractivity contribution in [3.05, 3.63) is 31.5 Å². The summed E-state index contributed by atoms with van der Waals surface area (Å²) in [5.74, 6) is 0. The topological polar surface area (TPSA) is 87.7 Å². The number of halogens is 1. The van der Waals surface area contributed by atoms with Crippen LogP contribution in [0.4, 0.5) is 0 Å². The first-order chi connectivity index (χ1) is 7.65. The molecule has 1 aromatic rings. The summed E-state index contributed by atoms with van der Waals surface area (Å²) < 4.78 is 1.01. The van der Waals surface area contributed by atoms with Crippen LogP contribution in [0.3, 0.4) is 0 Å². The number of rotatable bonds is 6. The summed E-state index contributed by atoms with van der Waals surface area (Å²) in [6.45, 7) is 0.341. The third kappa shape index (κ3) is 3.80. The molecular weight excluding hydrogens is 278 g/mol. The summed E-state index contributed by atoms with van der Waals surface area (Å²) in [4.78, 5) is 37.3. The van der Waals surface area contributed by atoms with Gasteiger partial charge in [-0.1, -0.05) is 28.8 Å². The van der Waals surface area contributed by atoms with E-state index in [4.69, 9.17) is 0 Å². The molecule has 0 aliphatic rings. The quantitative estimate of drug-likeness (QED) is 0.579. The van der Waals surface area contributed by atoms with Gasteiger partial charge in [0.1, 0.15) is 0 Å². The Kier molecular flexibility index (Phi) is 5.24. The molecule has 0 aliphatic carbocycles. The molecule has 0 unspecified atom stereocenters. The zero-order valence-electron chi connectivity index (χ0n) is 8.79. The summed E-state index contributed by atoms with van der Waals surface area (Å²) in [5.41, 5.74) is -2.05. The third-order valence-electron chi connectivity index (χ3n) is 2.20. The van der Waals surface area contributed by atoms with Gasteiger partial charge in [-0.2, -0.15) is 0 Å². The monoisotopic (exact) mass is 291 g/mol. The molecular formula is C9H14BrN3O3. The van der Waals surface area contributed by atoms with E-state index in [9.17, 15) is 14.4 Å². The Labute approximate surface area is 99.8 Å². The zero-order chi connectivity index (χ0) is 12.0. The maximum absolute atomic E-state index is 11.3. The molecule has 7 heteroatoms. The molecule has 0 spiro atoms. The van der Waals surface area contributed by atoms with Crippen LogP contribution in [0, 0.1) is 0 Å². The Hall–Kier alpha value is -1.11. The maximum atomic E-state index is 11.3. The van der Waals surface area contributed by atoms with Gasteiger partial charge < -0.3 is 0 Å². The van der Waals surface area contributed by atoms with E-state index in [0.717, 1.165) is 35.6 Å². The Morgan fingerprint density at radius 1 is 0.938 bits per heavy atom. The number of aromatic amines is 2.